The molecule has 0 radical (unpaired) electrons. The molecule has 1 aliphatic heterocycles. The van der Waals surface area contributed by atoms with E-state index in [0.29, 0.717) is 18.1 Å². The Morgan fingerprint density at radius 2 is 2.05 bits per heavy atom. The van der Waals surface area contributed by atoms with Gasteiger partial charge >= 0.3 is 0 Å². The molecule has 1 heterocycles. The van der Waals surface area contributed by atoms with Crippen LogP contribution in [0.4, 0.5) is 0 Å². The van der Waals surface area contributed by atoms with Crippen molar-refractivity contribution in [2.45, 2.75) is 24.5 Å². The monoisotopic (exact) mass is 386 g/mol. The molecule has 21 heavy (non-hydrogen) atoms. The van der Waals surface area contributed by atoms with Crippen LogP contribution in [0.2, 0.25) is 0 Å². The molecule has 1 saturated heterocycles. The van der Waals surface area contributed by atoms with Crippen LogP contribution in [0.15, 0.2) is 22.7 Å². The fraction of sp³-hybridized carbons (Fsp3) is 0.467. The Labute approximate surface area is 143 Å². The van der Waals surface area contributed by atoms with E-state index < -0.39 is 0 Å². The van der Waals surface area contributed by atoms with Gasteiger partial charge in [0.25, 0.3) is 5.91 Å². The summed E-state index contributed by atoms with van der Waals surface area (Å²) >= 11 is 10.4. The molecule has 0 aliphatic carbocycles. The minimum atomic E-state index is -0.153. The number of likely N-dealkylation sites (tertiary alicyclic amines) is 1. The van der Waals surface area contributed by atoms with E-state index in [-0.39, 0.29) is 10.7 Å². The van der Waals surface area contributed by atoms with Gasteiger partial charge in [-0.1, -0.05) is 34.2 Å². The average Bonchev–Trinajstić information content (AvgIpc) is 2.49. The van der Waals surface area contributed by atoms with Crippen molar-refractivity contribution in [2.24, 2.45) is 5.73 Å². The normalized spacial score (nSPS) is 17.6. The molecule has 1 amide bonds. The predicted molar refractivity (Wildman–Crippen MR) is 97.0 cm³/mol. The first kappa shape index (κ1) is 16.8. The molecule has 0 spiro atoms. The molecule has 1 aromatic carbocycles. The van der Waals surface area contributed by atoms with E-state index in [9.17, 15) is 4.79 Å². The van der Waals surface area contributed by atoms with E-state index in [1.54, 1.807) is 11.8 Å². The average molecular weight is 387 g/mol. The minimum Gasteiger partial charge on any atom is -0.392 e. The summed E-state index contributed by atoms with van der Waals surface area (Å²) in [6.07, 6.45) is 3.68. The number of nitrogens with zero attached hydrogens (tertiary/aromatic N) is 1. The number of carbonyl (C=O) groups excluding carboxylic acids is 1. The summed E-state index contributed by atoms with van der Waals surface area (Å²) in [5, 5.41) is 0. The van der Waals surface area contributed by atoms with E-state index >= 15 is 0 Å². The summed E-state index contributed by atoms with van der Waals surface area (Å²) in [4.78, 5) is 15.0. The highest BCUT2D eigenvalue weighted by Crippen LogP contribution is 2.35. The van der Waals surface area contributed by atoms with Gasteiger partial charge in [-0.2, -0.15) is 11.8 Å². The molecule has 0 unspecified atom stereocenters. The molecule has 3 nitrogen and oxygen atoms in total. The van der Waals surface area contributed by atoms with Crippen LogP contribution in [0.5, 0.6) is 0 Å². The lowest BCUT2D eigenvalue weighted by atomic mass is 9.95. The van der Waals surface area contributed by atoms with Crippen LogP contribution in [0, 0.1) is 6.92 Å². The minimum absolute atomic E-state index is 0.0772. The number of hydrogen-bond acceptors (Lipinski definition) is 3. The second kappa shape index (κ2) is 6.67. The fourth-order valence-corrected chi connectivity index (χ4v) is 4.16. The first-order valence-electron chi connectivity index (χ1n) is 6.80. The summed E-state index contributed by atoms with van der Waals surface area (Å²) in [6, 6.07) is 5.73. The molecule has 1 aliphatic rings. The van der Waals surface area contributed by atoms with Gasteiger partial charge in [-0.3, -0.25) is 4.79 Å². The lowest BCUT2D eigenvalue weighted by Crippen LogP contribution is -2.50. The van der Waals surface area contributed by atoms with Crippen molar-refractivity contribution in [1.29, 1.82) is 0 Å². The van der Waals surface area contributed by atoms with Gasteiger partial charge in [-0.15, -0.1) is 0 Å². The molecule has 1 aromatic rings. The maximum Gasteiger partial charge on any atom is 0.253 e. The molecule has 0 atom stereocenters. The van der Waals surface area contributed by atoms with Gasteiger partial charge in [-0.25, -0.2) is 0 Å². The lowest BCUT2D eigenvalue weighted by molar-refractivity contribution is 0.0719. The van der Waals surface area contributed by atoms with Crippen LogP contribution < -0.4 is 5.73 Å². The number of rotatable bonds is 3. The molecule has 1 fully saturated rings. The van der Waals surface area contributed by atoms with Crippen molar-refractivity contribution in [2.75, 3.05) is 19.3 Å². The van der Waals surface area contributed by atoms with E-state index in [0.717, 1.165) is 28.4 Å². The number of halogens is 1. The third-order valence-electron chi connectivity index (χ3n) is 4.12. The van der Waals surface area contributed by atoms with Gasteiger partial charge in [0, 0.05) is 23.1 Å². The SMILES string of the molecule is CSC1(C(N)=S)CCN(C(=O)c2ccc(C)c(Br)c2)CC1. The largest absolute Gasteiger partial charge is 0.392 e. The Hall–Kier alpha value is -0.590. The standard InChI is InChI=1S/C15H19BrN2OS2/c1-10-3-4-11(9-12(10)16)13(19)18-7-5-15(21-2,6-8-18)14(17)20/h3-4,9H,5-8H2,1-2H3,(H2,17,20). The quantitative estimate of drug-likeness (QED) is 0.808. The molecule has 6 heteroatoms. The number of thiocarbonyl (C=S) groups is 1. The van der Waals surface area contributed by atoms with Crippen molar-refractivity contribution in [1.82, 2.24) is 4.90 Å². The Balaban J connectivity index is 2.09. The molecule has 2 N–H and O–H groups in total. The van der Waals surface area contributed by atoms with Crippen LogP contribution in [-0.2, 0) is 0 Å². The van der Waals surface area contributed by atoms with Crippen molar-refractivity contribution in [3.63, 3.8) is 0 Å². The van der Waals surface area contributed by atoms with Gasteiger partial charge in [0.1, 0.15) is 0 Å². The number of carbonyl (C=O) groups is 1. The molecule has 0 aromatic heterocycles. The van der Waals surface area contributed by atoms with Crippen LogP contribution in [0.25, 0.3) is 0 Å². The van der Waals surface area contributed by atoms with Gasteiger partial charge in [0.05, 0.1) is 9.74 Å². The third kappa shape index (κ3) is 3.43. The van der Waals surface area contributed by atoms with Gasteiger partial charge in [-0.05, 0) is 43.7 Å². The van der Waals surface area contributed by atoms with Crippen molar-refractivity contribution >= 4 is 50.8 Å². The third-order valence-corrected chi connectivity index (χ3v) is 6.90. The number of nitrogens with two attached hydrogens (primary N) is 1. The Morgan fingerprint density at radius 1 is 1.43 bits per heavy atom. The van der Waals surface area contributed by atoms with Crippen LogP contribution in [0.3, 0.4) is 0 Å². The summed E-state index contributed by atoms with van der Waals surface area (Å²) in [5.41, 5.74) is 7.73. The number of thioether (sulfide) groups is 1. The highest BCUT2D eigenvalue weighted by molar-refractivity contribution is 9.10. The smallest absolute Gasteiger partial charge is 0.253 e. The van der Waals surface area contributed by atoms with Crippen LogP contribution in [0.1, 0.15) is 28.8 Å². The zero-order valence-corrected chi connectivity index (χ0v) is 15.4. The van der Waals surface area contributed by atoms with E-state index in [4.69, 9.17) is 18.0 Å². The molecular formula is C15H19BrN2OS2. The van der Waals surface area contributed by atoms with E-state index in [2.05, 4.69) is 15.9 Å². The van der Waals surface area contributed by atoms with Crippen molar-refractivity contribution < 1.29 is 4.79 Å². The molecule has 114 valence electrons. The summed E-state index contributed by atoms with van der Waals surface area (Å²) < 4.78 is 0.812. The topological polar surface area (TPSA) is 46.3 Å². The number of hydrogen-bond donors (Lipinski definition) is 1. The maximum absolute atomic E-state index is 12.6. The van der Waals surface area contributed by atoms with Gasteiger partial charge < -0.3 is 10.6 Å². The van der Waals surface area contributed by atoms with E-state index in [1.165, 1.54) is 0 Å². The predicted octanol–water partition coefficient (Wildman–Crippen LogP) is 3.38. The molecule has 0 saturated carbocycles. The van der Waals surface area contributed by atoms with Gasteiger partial charge in [0.15, 0.2) is 0 Å². The van der Waals surface area contributed by atoms with E-state index in [1.807, 2.05) is 36.3 Å². The maximum atomic E-state index is 12.6. The van der Waals surface area contributed by atoms with Crippen LogP contribution in [-0.4, -0.2) is 39.9 Å². The summed E-state index contributed by atoms with van der Waals surface area (Å²) in [6.45, 7) is 3.40. The zero-order chi connectivity index (χ0) is 15.6. The molecular weight excluding hydrogens is 368 g/mol. The Kier molecular flexibility index (Phi) is 5.33. The summed E-state index contributed by atoms with van der Waals surface area (Å²) in [5.74, 6) is 0.0772. The number of amides is 1. The summed E-state index contributed by atoms with van der Waals surface area (Å²) in [7, 11) is 0. The number of piperidine rings is 1. The first-order chi connectivity index (χ1) is 9.89. The highest BCUT2D eigenvalue weighted by atomic mass is 79.9. The lowest BCUT2D eigenvalue weighted by Gasteiger charge is -2.40. The second-order valence-corrected chi connectivity index (χ2v) is 7.80. The number of benzene rings is 1. The zero-order valence-electron chi connectivity index (χ0n) is 12.2. The van der Waals surface area contributed by atoms with Crippen molar-refractivity contribution in [3.8, 4) is 0 Å². The number of aryl methyl sites for hydroxylation is 1. The highest BCUT2D eigenvalue weighted by Gasteiger charge is 2.37. The fourth-order valence-electron chi connectivity index (χ4n) is 2.53. The molecule has 2 rings (SSSR count). The first-order valence-corrected chi connectivity index (χ1v) is 9.23. The second-order valence-electron chi connectivity index (χ2n) is 5.32. The Bertz CT molecular complexity index is 569. The molecule has 0 bridgehead atoms. The van der Waals surface area contributed by atoms with Gasteiger partial charge in [0.2, 0.25) is 0 Å². The van der Waals surface area contributed by atoms with Crippen LogP contribution >= 0.6 is 39.9 Å². The Morgan fingerprint density at radius 3 is 2.52 bits per heavy atom. The van der Waals surface area contributed by atoms with Crippen molar-refractivity contribution in [3.05, 3.63) is 33.8 Å².